The topological polar surface area (TPSA) is 88.1 Å². The summed E-state index contributed by atoms with van der Waals surface area (Å²) < 4.78 is 4.64. The summed E-state index contributed by atoms with van der Waals surface area (Å²) >= 11 is 1.14. The van der Waals surface area contributed by atoms with Crippen LogP contribution in [0.25, 0.3) is 22.4 Å². The van der Waals surface area contributed by atoms with Crippen molar-refractivity contribution in [3.63, 3.8) is 0 Å². The lowest BCUT2D eigenvalue weighted by atomic mass is 10.0. The molecule has 168 valence electrons. The highest BCUT2D eigenvalue weighted by Gasteiger charge is 2.20. The van der Waals surface area contributed by atoms with Crippen molar-refractivity contribution in [2.45, 2.75) is 20.4 Å². The number of aromatic nitrogens is 2. The molecular formula is C25H25N5O2S. The number of fused-ring (bicyclic) bond motifs is 1. The van der Waals surface area contributed by atoms with Crippen LogP contribution in [0.4, 0.5) is 4.79 Å². The molecule has 3 amide bonds. The Hall–Kier alpha value is -3.78. The summed E-state index contributed by atoms with van der Waals surface area (Å²) in [5.41, 5.74) is 11.4. The molecule has 1 aromatic heterocycles. The molecule has 0 aliphatic carbocycles. The van der Waals surface area contributed by atoms with Gasteiger partial charge in [-0.05, 0) is 48.7 Å². The molecule has 0 bridgehead atoms. The molecule has 0 saturated heterocycles. The Labute approximate surface area is 196 Å². The van der Waals surface area contributed by atoms with Crippen LogP contribution in [-0.4, -0.2) is 27.7 Å². The van der Waals surface area contributed by atoms with Crippen LogP contribution in [0.1, 0.15) is 27.0 Å². The first-order valence-electron chi connectivity index (χ1n) is 10.5. The molecule has 4 aromatic rings. The van der Waals surface area contributed by atoms with Gasteiger partial charge in [0.05, 0.1) is 23.1 Å². The Morgan fingerprint density at radius 2 is 1.61 bits per heavy atom. The summed E-state index contributed by atoms with van der Waals surface area (Å²) in [7, 11) is 0. The molecule has 0 aliphatic heterocycles. The summed E-state index contributed by atoms with van der Waals surface area (Å²) in [4.78, 5) is 29.5. The zero-order chi connectivity index (χ0) is 23.4. The largest absolute Gasteiger partial charge is 0.343 e. The zero-order valence-corrected chi connectivity index (χ0v) is 19.5. The van der Waals surface area contributed by atoms with E-state index in [-0.39, 0.29) is 0 Å². The van der Waals surface area contributed by atoms with Gasteiger partial charge in [-0.1, -0.05) is 60.5 Å². The van der Waals surface area contributed by atoms with Crippen LogP contribution in [0.15, 0.2) is 66.7 Å². The van der Waals surface area contributed by atoms with E-state index in [1.165, 1.54) is 16.7 Å². The van der Waals surface area contributed by atoms with E-state index in [0.29, 0.717) is 23.5 Å². The van der Waals surface area contributed by atoms with Gasteiger partial charge in [-0.15, -0.1) is 0 Å². The number of hydrazine groups is 1. The van der Waals surface area contributed by atoms with Crippen LogP contribution in [0.3, 0.4) is 0 Å². The third-order valence-corrected chi connectivity index (χ3v) is 5.90. The number of urea groups is 1. The smallest absolute Gasteiger partial charge is 0.319 e. The average Bonchev–Trinajstić information content (AvgIpc) is 3.18. The van der Waals surface area contributed by atoms with Crippen molar-refractivity contribution >= 4 is 34.9 Å². The van der Waals surface area contributed by atoms with Crippen molar-refractivity contribution in [3.05, 3.63) is 89.0 Å². The third-order valence-electron chi connectivity index (χ3n) is 5.51. The molecule has 7 nitrogen and oxygen atoms in total. The number of hydrogen-bond acceptors (Lipinski definition) is 4. The number of nitrogens with zero attached hydrogens (tertiary/aromatic N) is 2. The maximum atomic E-state index is 12.9. The minimum absolute atomic E-state index is 0.417. The fraction of sp³-hybridized carbons (Fsp3) is 0.160. The number of rotatable bonds is 5. The van der Waals surface area contributed by atoms with Gasteiger partial charge < -0.3 is 4.57 Å². The van der Waals surface area contributed by atoms with Crippen molar-refractivity contribution in [2.75, 3.05) is 6.26 Å². The minimum atomic E-state index is -0.504. The van der Waals surface area contributed by atoms with Crippen LogP contribution in [0.2, 0.25) is 0 Å². The maximum absolute atomic E-state index is 12.9. The van der Waals surface area contributed by atoms with Gasteiger partial charge in [0, 0.05) is 11.8 Å². The molecule has 0 fully saturated rings. The van der Waals surface area contributed by atoms with Crippen LogP contribution >= 0.6 is 11.9 Å². The molecule has 0 atom stereocenters. The second-order valence-corrected chi connectivity index (χ2v) is 8.25. The zero-order valence-electron chi connectivity index (χ0n) is 18.7. The number of hydrogen-bond donors (Lipinski definition) is 3. The highest BCUT2D eigenvalue weighted by Crippen LogP contribution is 2.29. The molecule has 1 heterocycles. The van der Waals surface area contributed by atoms with E-state index in [9.17, 15) is 9.59 Å². The Morgan fingerprint density at radius 1 is 0.909 bits per heavy atom. The first-order valence-corrected chi connectivity index (χ1v) is 11.7. The predicted molar refractivity (Wildman–Crippen MR) is 133 cm³/mol. The highest BCUT2D eigenvalue weighted by atomic mass is 32.2. The van der Waals surface area contributed by atoms with Crippen molar-refractivity contribution in [2.24, 2.45) is 0 Å². The van der Waals surface area contributed by atoms with E-state index < -0.39 is 11.9 Å². The number of benzene rings is 3. The van der Waals surface area contributed by atoms with Gasteiger partial charge in [-0.25, -0.2) is 15.2 Å². The monoisotopic (exact) mass is 459 g/mol. The first kappa shape index (κ1) is 22.4. The van der Waals surface area contributed by atoms with E-state index in [1.807, 2.05) is 36.4 Å². The van der Waals surface area contributed by atoms with Gasteiger partial charge in [0.1, 0.15) is 5.82 Å². The normalized spacial score (nSPS) is 10.8. The molecular weight excluding hydrogens is 434 g/mol. The van der Waals surface area contributed by atoms with Crippen molar-refractivity contribution in [3.8, 4) is 11.4 Å². The van der Waals surface area contributed by atoms with Crippen LogP contribution in [0, 0.1) is 13.8 Å². The second-order valence-electron chi connectivity index (χ2n) is 7.64. The Morgan fingerprint density at radius 3 is 2.36 bits per heavy atom. The quantitative estimate of drug-likeness (QED) is 0.301. The molecule has 0 saturated carbocycles. The van der Waals surface area contributed by atoms with E-state index >= 15 is 0 Å². The molecule has 8 heteroatoms. The lowest BCUT2D eigenvalue weighted by molar-refractivity contribution is 0.0937. The van der Waals surface area contributed by atoms with Crippen LogP contribution in [0.5, 0.6) is 0 Å². The number of amides is 3. The number of imidazole rings is 1. The van der Waals surface area contributed by atoms with Gasteiger partial charge in [-0.3, -0.25) is 14.9 Å². The van der Waals surface area contributed by atoms with Crippen LogP contribution < -0.4 is 15.6 Å². The number of carbonyl (C=O) groups is 2. The Bertz CT molecular complexity index is 1310. The van der Waals surface area contributed by atoms with Gasteiger partial charge in [0.2, 0.25) is 0 Å². The molecule has 3 aromatic carbocycles. The highest BCUT2D eigenvalue weighted by molar-refractivity contribution is 7.97. The van der Waals surface area contributed by atoms with Crippen LogP contribution in [-0.2, 0) is 6.54 Å². The van der Waals surface area contributed by atoms with E-state index in [1.54, 1.807) is 18.4 Å². The van der Waals surface area contributed by atoms with E-state index in [2.05, 4.69) is 52.2 Å². The van der Waals surface area contributed by atoms with E-state index in [4.69, 9.17) is 4.98 Å². The third kappa shape index (κ3) is 4.70. The number of nitrogens with one attached hydrogen (secondary N) is 3. The SMILES string of the molecule is CSNC(=O)NNC(=O)c1ccccc1-c1nc2ccccc2n1Cc1c(C)cccc1C. The van der Waals surface area contributed by atoms with E-state index in [0.717, 1.165) is 23.0 Å². The predicted octanol–water partition coefficient (Wildman–Crippen LogP) is 4.59. The summed E-state index contributed by atoms with van der Waals surface area (Å²) in [6.45, 7) is 4.83. The Balaban J connectivity index is 1.79. The molecule has 3 N–H and O–H groups in total. The molecule has 4 rings (SSSR count). The summed E-state index contributed by atoms with van der Waals surface area (Å²) in [5, 5.41) is 0. The molecule has 0 spiro atoms. The van der Waals surface area contributed by atoms with Gasteiger partial charge in [0.25, 0.3) is 5.91 Å². The van der Waals surface area contributed by atoms with Crippen molar-refractivity contribution in [1.82, 2.24) is 25.1 Å². The Kier molecular flexibility index (Phi) is 6.65. The second kappa shape index (κ2) is 9.79. The standard InChI is InChI=1S/C25H25N5O2S/c1-16-9-8-10-17(2)20(16)15-30-22-14-7-6-13-21(22)26-23(30)18-11-4-5-12-19(18)24(31)27-28-25(32)29-33-3/h4-14H,15H2,1-3H3,(H,27,31)(H2,28,29,32). The molecule has 33 heavy (non-hydrogen) atoms. The number of carbonyl (C=O) groups excluding carboxylic acids is 2. The van der Waals surface area contributed by atoms with Crippen molar-refractivity contribution < 1.29 is 9.59 Å². The lowest BCUT2D eigenvalue weighted by Crippen LogP contribution is -2.45. The molecule has 0 aliphatic rings. The van der Waals surface area contributed by atoms with Gasteiger partial charge in [0.15, 0.2) is 0 Å². The van der Waals surface area contributed by atoms with Crippen molar-refractivity contribution in [1.29, 1.82) is 0 Å². The lowest BCUT2D eigenvalue weighted by Gasteiger charge is -2.16. The molecule has 0 radical (unpaired) electrons. The average molecular weight is 460 g/mol. The molecule has 0 unspecified atom stereocenters. The van der Waals surface area contributed by atoms with Gasteiger partial charge in [-0.2, -0.15) is 0 Å². The summed E-state index contributed by atoms with van der Waals surface area (Å²) in [5.74, 6) is 0.269. The number of para-hydroxylation sites is 2. The summed E-state index contributed by atoms with van der Waals surface area (Å²) in [6, 6.07) is 21.0. The minimum Gasteiger partial charge on any atom is -0.319 e. The van der Waals surface area contributed by atoms with Gasteiger partial charge >= 0.3 is 6.03 Å². The number of aryl methyl sites for hydroxylation is 2. The first-order chi connectivity index (χ1) is 16.0. The summed E-state index contributed by atoms with van der Waals surface area (Å²) in [6.07, 6.45) is 1.72. The fourth-order valence-electron chi connectivity index (χ4n) is 3.87. The fourth-order valence-corrected chi connectivity index (χ4v) is 4.11. The maximum Gasteiger partial charge on any atom is 0.343 e.